The van der Waals surface area contributed by atoms with Crippen LogP contribution < -0.4 is 0 Å². The molecular formula is C22H38Na2O13S. The van der Waals surface area contributed by atoms with Crippen molar-refractivity contribution in [2.75, 3.05) is 6.61 Å². The van der Waals surface area contributed by atoms with Crippen LogP contribution in [0.1, 0.15) is 90.4 Å². The van der Waals surface area contributed by atoms with E-state index in [-0.39, 0.29) is 65.7 Å². The fourth-order valence-electron chi connectivity index (χ4n) is 3.39. The number of carboxylic acids is 3. The van der Waals surface area contributed by atoms with E-state index in [0.717, 1.165) is 25.7 Å². The summed E-state index contributed by atoms with van der Waals surface area (Å²) in [5.74, 6) is -8.93. The Balaban J connectivity index is -0.00000612. The van der Waals surface area contributed by atoms with Gasteiger partial charge in [0, 0.05) is 0 Å². The molecule has 0 bridgehead atoms. The van der Waals surface area contributed by atoms with E-state index in [1.807, 2.05) is 0 Å². The number of unbranched alkanes of at least 4 members (excludes halogenated alkanes) is 9. The molecule has 0 rings (SSSR count). The van der Waals surface area contributed by atoms with Crippen LogP contribution in [0.25, 0.3) is 0 Å². The summed E-state index contributed by atoms with van der Waals surface area (Å²) in [6.45, 7) is 1.96. The van der Waals surface area contributed by atoms with Crippen molar-refractivity contribution in [2.24, 2.45) is 0 Å². The number of hydrogen-bond donors (Lipinski definition) is 4. The molecule has 0 aromatic rings. The fraction of sp³-hybridized carbons (Fsp3) is 0.773. The molecule has 0 aromatic heterocycles. The summed E-state index contributed by atoms with van der Waals surface area (Å²) >= 11 is 0. The Labute approximate surface area is 266 Å². The van der Waals surface area contributed by atoms with Crippen LogP contribution in [0, 0.1) is 0 Å². The molecule has 0 spiro atoms. The summed E-state index contributed by atoms with van der Waals surface area (Å²) in [7, 11) is -5.20. The zero-order valence-electron chi connectivity index (χ0n) is 20.3. The monoisotopic (exact) mass is 588 g/mol. The first-order valence-corrected chi connectivity index (χ1v) is 13.3. The second-order valence-electron chi connectivity index (χ2n) is 8.47. The zero-order valence-corrected chi connectivity index (χ0v) is 21.2. The Morgan fingerprint density at radius 2 is 1.18 bits per heavy atom. The second-order valence-corrected chi connectivity index (χ2v) is 10.1. The molecule has 0 aliphatic rings. The Bertz CT molecular complexity index is 845. The molecule has 0 saturated carbocycles. The molecule has 212 valence electrons. The van der Waals surface area contributed by atoms with E-state index in [9.17, 15) is 42.0 Å². The molecule has 0 aromatic carbocycles. The number of carboxylic acid groups (broad SMARTS) is 3. The third-order valence-electron chi connectivity index (χ3n) is 5.29. The van der Waals surface area contributed by atoms with Gasteiger partial charge in [0.05, 0.1) is 25.9 Å². The summed E-state index contributed by atoms with van der Waals surface area (Å²) in [5.41, 5.74) is -3.06. The van der Waals surface area contributed by atoms with E-state index in [2.05, 4.69) is 11.7 Å². The van der Waals surface area contributed by atoms with Gasteiger partial charge in [0.25, 0.3) is 10.1 Å². The summed E-state index contributed by atoms with van der Waals surface area (Å²) in [5, 5.41) is 24.6. The SMILES string of the molecule is CCCCCCCCCCCCOC(=O)C(CC(=O)OC(CC(=O)O)(CC(=O)O)C(=O)O)S(=O)(=O)O.[NaH].[NaH]. The molecular weight excluding hydrogens is 550 g/mol. The molecule has 13 nitrogen and oxygen atoms in total. The second kappa shape index (κ2) is 22.0. The summed E-state index contributed by atoms with van der Waals surface area (Å²) in [6.07, 6.45) is 5.70. The number of aliphatic carboxylic acids is 3. The van der Waals surface area contributed by atoms with Crippen LogP contribution in [0.15, 0.2) is 0 Å². The van der Waals surface area contributed by atoms with Gasteiger partial charge in [-0.15, -0.1) is 0 Å². The first kappa shape index (κ1) is 41.7. The van der Waals surface area contributed by atoms with Crippen LogP contribution in [-0.2, 0) is 43.6 Å². The molecule has 38 heavy (non-hydrogen) atoms. The average molecular weight is 589 g/mol. The maximum absolute atomic E-state index is 12.2. The summed E-state index contributed by atoms with van der Waals surface area (Å²) in [6, 6.07) is 0. The van der Waals surface area contributed by atoms with Crippen LogP contribution in [-0.4, -0.2) is 135 Å². The van der Waals surface area contributed by atoms with Crippen LogP contribution in [0.4, 0.5) is 0 Å². The molecule has 0 saturated heterocycles. The van der Waals surface area contributed by atoms with Gasteiger partial charge < -0.3 is 24.8 Å². The predicted octanol–water partition coefficient (Wildman–Crippen LogP) is 1.12. The topological polar surface area (TPSA) is 219 Å². The van der Waals surface area contributed by atoms with Gasteiger partial charge in [-0.3, -0.25) is 23.7 Å². The quantitative estimate of drug-likeness (QED) is 0.0640. The van der Waals surface area contributed by atoms with Gasteiger partial charge in [-0.25, -0.2) is 4.79 Å². The van der Waals surface area contributed by atoms with E-state index < -0.39 is 70.1 Å². The zero-order chi connectivity index (χ0) is 27.8. The molecule has 4 N–H and O–H groups in total. The van der Waals surface area contributed by atoms with Crippen molar-refractivity contribution in [2.45, 2.75) is 101 Å². The molecule has 16 heteroatoms. The Morgan fingerprint density at radius 1 is 0.763 bits per heavy atom. The molecule has 0 aliphatic heterocycles. The van der Waals surface area contributed by atoms with E-state index in [1.165, 1.54) is 25.7 Å². The van der Waals surface area contributed by atoms with Crippen molar-refractivity contribution in [1.82, 2.24) is 0 Å². The van der Waals surface area contributed by atoms with Crippen molar-refractivity contribution in [1.29, 1.82) is 0 Å². The number of hydrogen-bond acceptors (Lipinski definition) is 9. The van der Waals surface area contributed by atoms with Crippen molar-refractivity contribution in [3.05, 3.63) is 0 Å². The van der Waals surface area contributed by atoms with Gasteiger partial charge in [-0.2, -0.15) is 8.42 Å². The average Bonchev–Trinajstić information content (AvgIpc) is 2.73. The van der Waals surface area contributed by atoms with Gasteiger partial charge >= 0.3 is 89.0 Å². The number of ether oxygens (including phenoxy) is 2. The van der Waals surface area contributed by atoms with Gasteiger partial charge in [0.1, 0.15) is 0 Å². The normalized spacial score (nSPS) is 11.8. The first-order valence-electron chi connectivity index (χ1n) is 11.8. The number of carbonyl (C=O) groups excluding carboxylic acids is 2. The van der Waals surface area contributed by atoms with Gasteiger partial charge in [0.2, 0.25) is 5.60 Å². The third kappa shape index (κ3) is 18.5. The first-order chi connectivity index (χ1) is 16.7. The molecule has 0 amide bonds. The van der Waals surface area contributed by atoms with Crippen molar-refractivity contribution < 1.29 is 61.7 Å². The standard InChI is InChI=1S/C22H36O13S.2Na.2H/c1-2-3-4-5-6-7-8-9-10-11-12-34-20(28)16(36(31,32)33)13-19(27)35-22(21(29)30,14-17(23)24)15-18(25)26;;;;/h16H,2-15H2,1H3,(H,23,24)(H,25,26)(H,29,30)(H,31,32,33);;;;. The Hall–Kier alpha value is -0.740. The van der Waals surface area contributed by atoms with E-state index in [1.54, 1.807) is 0 Å². The number of carbonyl (C=O) groups is 5. The van der Waals surface area contributed by atoms with Crippen molar-refractivity contribution in [3.63, 3.8) is 0 Å². The van der Waals surface area contributed by atoms with Gasteiger partial charge in [-0.1, -0.05) is 64.7 Å². The Morgan fingerprint density at radius 3 is 1.55 bits per heavy atom. The molecule has 0 aliphatic carbocycles. The minimum atomic E-state index is -5.20. The number of esters is 2. The van der Waals surface area contributed by atoms with Gasteiger partial charge in [0.15, 0.2) is 5.25 Å². The fourth-order valence-corrected chi connectivity index (χ4v) is 4.05. The summed E-state index contributed by atoms with van der Waals surface area (Å²) < 4.78 is 41.9. The van der Waals surface area contributed by atoms with E-state index in [0.29, 0.717) is 12.8 Å². The molecule has 0 heterocycles. The van der Waals surface area contributed by atoms with Crippen LogP contribution >= 0.6 is 0 Å². The van der Waals surface area contributed by atoms with E-state index >= 15 is 0 Å². The number of rotatable bonds is 21. The predicted molar refractivity (Wildman–Crippen MR) is 138 cm³/mol. The third-order valence-corrected chi connectivity index (χ3v) is 6.37. The van der Waals surface area contributed by atoms with Gasteiger partial charge in [-0.05, 0) is 6.42 Å². The van der Waals surface area contributed by atoms with Crippen molar-refractivity contribution >= 4 is 99.1 Å². The van der Waals surface area contributed by atoms with E-state index in [4.69, 9.17) is 14.9 Å². The molecule has 0 radical (unpaired) electrons. The van der Waals surface area contributed by atoms with Crippen LogP contribution in [0.2, 0.25) is 0 Å². The van der Waals surface area contributed by atoms with Crippen molar-refractivity contribution in [3.8, 4) is 0 Å². The van der Waals surface area contributed by atoms with Crippen LogP contribution in [0.5, 0.6) is 0 Å². The molecule has 0 fully saturated rings. The van der Waals surface area contributed by atoms with Crippen LogP contribution in [0.3, 0.4) is 0 Å². The maximum atomic E-state index is 12.2. The molecule has 1 atom stereocenters. The Kier molecular flexibility index (Phi) is 24.2. The molecule has 1 unspecified atom stereocenters. The summed E-state index contributed by atoms with van der Waals surface area (Å²) in [4.78, 5) is 57.9. The minimum absolute atomic E-state index is 0.